The van der Waals surface area contributed by atoms with Crippen molar-refractivity contribution >= 4 is 28.1 Å². The third-order valence-corrected chi connectivity index (χ3v) is 5.58. The van der Waals surface area contributed by atoms with Crippen molar-refractivity contribution in [2.45, 2.75) is 25.2 Å². The number of nitro groups is 1. The number of carbonyl (C=O) groups excluding carboxylic acids is 1. The van der Waals surface area contributed by atoms with Gasteiger partial charge in [0, 0.05) is 53.0 Å². The molecule has 0 bridgehead atoms. The molecule has 0 spiro atoms. The van der Waals surface area contributed by atoms with Gasteiger partial charge in [0.05, 0.1) is 10.4 Å². The minimum absolute atomic E-state index is 0.0432. The van der Waals surface area contributed by atoms with Crippen LogP contribution in [0.5, 0.6) is 0 Å². The number of ketones is 1. The number of rotatable bonds is 2. The number of fused-ring (bicyclic) bond motifs is 3. The lowest BCUT2D eigenvalue weighted by Gasteiger charge is -2.34. The van der Waals surface area contributed by atoms with Crippen LogP contribution in [0.1, 0.15) is 36.3 Å². The maximum absolute atomic E-state index is 12.9. The van der Waals surface area contributed by atoms with E-state index in [1.807, 2.05) is 24.3 Å². The Morgan fingerprint density at radius 2 is 1.89 bits per heavy atom. The molecule has 1 aliphatic heterocycles. The second-order valence-electron chi connectivity index (χ2n) is 7.17. The van der Waals surface area contributed by atoms with Gasteiger partial charge in [-0.25, -0.2) is 0 Å². The van der Waals surface area contributed by atoms with Crippen molar-refractivity contribution in [1.29, 1.82) is 0 Å². The van der Waals surface area contributed by atoms with Crippen molar-refractivity contribution in [1.82, 2.24) is 4.98 Å². The number of anilines is 1. The summed E-state index contributed by atoms with van der Waals surface area (Å²) >= 11 is 0. The minimum Gasteiger partial charge on any atom is -0.358 e. The lowest BCUT2D eigenvalue weighted by molar-refractivity contribution is -0.384. The van der Waals surface area contributed by atoms with Crippen molar-refractivity contribution in [3.8, 4) is 0 Å². The minimum atomic E-state index is -0.407. The number of aromatic nitrogens is 1. The summed E-state index contributed by atoms with van der Waals surface area (Å²) in [6, 6.07) is 14.4. The zero-order chi connectivity index (χ0) is 19.3. The number of allylic oxidation sites excluding steroid dienone is 2. The third-order valence-electron chi connectivity index (χ3n) is 5.58. The van der Waals surface area contributed by atoms with E-state index in [1.165, 1.54) is 12.1 Å². The molecule has 2 heterocycles. The molecule has 0 saturated carbocycles. The Kier molecular flexibility index (Phi) is 3.72. The fourth-order valence-corrected chi connectivity index (χ4v) is 4.35. The largest absolute Gasteiger partial charge is 0.358 e. The van der Waals surface area contributed by atoms with Crippen LogP contribution in [-0.2, 0) is 4.79 Å². The molecule has 0 fully saturated rings. The van der Waals surface area contributed by atoms with Crippen LogP contribution in [0.15, 0.2) is 66.0 Å². The standard InChI is InChI=1S/C22H17N3O3/c26-19-5-1-4-17-22(19)20(13-6-8-14(9-7-13)25(27)28)21-15-3-2-12-23-16(15)10-11-18(21)24-17/h2-3,6-12,20,24H,1,4-5H2. The monoisotopic (exact) mass is 371 g/mol. The Labute approximate surface area is 161 Å². The first-order valence-electron chi connectivity index (χ1n) is 9.29. The summed E-state index contributed by atoms with van der Waals surface area (Å²) in [5.41, 5.74) is 5.52. The summed E-state index contributed by atoms with van der Waals surface area (Å²) in [6.45, 7) is 0. The number of non-ortho nitro benzene ring substituents is 1. The molecule has 1 atom stereocenters. The summed E-state index contributed by atoms with van der Waals surface area (Å²) in [4.78, 5) is 28.0. The molecule has 2 aliphatic rings. The molecule has 1 aromatic heterocycles. The van der Waals surface area contributed by atoms with Gasteiger partial charge < -0.3 is 5.32 Å². The van der Waals surface area contributed by atoms with Gasteiger partial charge in [-0.1, -0.05) is 18.2 Å². The molecule has 138 valence electrons. The molecule has 1 aliphatic carbocycles. The molecule has 0 saturated heterocycles. The molecule has 1 N–H and O–H groups in total. The van der Waals surface area contributed by atoms with Gasteiger partial charge in [0.15, 0.2) is 5.78 Å². The predicted molar refractivity (Wildman–Crippen MR) is 106 cm³/mol. The molecule has 6 heteroatoms. The van der Waals surface area contributed by atoms with Gasteiger partial charge in [0.1, 0.15) is 0 Å². The topological polar surface area (TPSA) is 85.1 Å². The van der Waals surface area contributed by atoms with Crippen LogP contribution >= 0.6 is 0 Å². The fourth-order valence-electron chi connectivity index (χ4n) is 4.35. The molecule has 6 nitrogen and oxygen atoms in total. The van der Waals surface area contributed by atoms with Crippen LogP contribution in [0.4, 0.5) is 11.4 Å². The summed E-state index contributed by atoms with van der Waals surface area (Å²) in [5, 5.41) is 15.5. The first-order chi connectivity index (χ1) is 13.6. The van der Waals surface area contributed by atoms with Crippen molar-refractivity contribution in [3.05, 3.63) is 87.2 Å². The molecule has 0 radical (unpaired) electrons. The lowest BCUT2D eigenvalue weighted by Crippen LogP contribution is -2.27. The Balaban J connectivity index is 1.78. The van der Waals surface area contributed by atoms with Crippen molar-refractivity contribution < 1.29 is 9.72 Å². The van der Waals surface area contributed by atoms with E-state index in [0.717, 1.165) is 51.8 Å². The van der Waals surface area contributed by atoms with Crippen LogP contribution in [0.3, 0.4) is 0 Å². The Hall–Kier alpha value is -3.54. The number of nitro benzene ring substituents is 1. The molecule has 5 rings (SSSR count). The van der Waals surface area contributed by atoms with Gasteiger partial charge in [-0.15, -0.1) is 0 Å². The van der Waals surface area contributed by atoms with E-state index in [1.54, 1.807) is 18.3 Å². The maximum atomic E-state index is 12.9. The van der Waals surface area contributed by atoms with Crippen LogP contribution in [-0.4, -0.2) is 15.7 Å². The number of nitrogens with one attached hydrogen (secondary N) is 1. The quantitative estimate of drug-likeness (QED) is 0.521. The van der Waals surface area contributed by atoms with E-state index in [2.05, 4.69) is 10.3 Å². The normalized spacial score (nSPS) is 18.4. The summed E-state index contributed by atoms with van der Waals surface area (Å²) in [6.07, 6.45) is 3.95. The number of hydrogen-bond donors (Lipinski definition) is 1. The molecule has 0 amide bonds. The Bertz CT molecular complexity index is 1170. The number of nitrogens with zero attached hydrogens (tertiary/aromatic N) is 2. The zero-order valence-electron chi connectivity index (χ0n) is 15.0. The fraction of sp³-hybridized carbons (Fsp3) is 0.182. The van der Waals surface area contributed by atoms with Crippen LogP contribution in [0.25, 0.3) is 10.9 Å². The second-order valence-corrected chi connectivity index (χ2v) is 7.17. The molecular formula is C22H17N3O3. The summed E-state index contributed by atoms with van der Waals surface area (Å²) in [5.74, 6) is -0.114. The maximum Gasteiger partial charge on any atom is 0.269 e. The number of Topliss-reactive ketones (excluding diaryl/α,β-unsaturated/α-hetero) is 1. The molecular weight excluding hydrogens is 354 g/mol. The summed E-state index contributed by atoms with van der Waals surface area (Å²) < 4.78 is 0. The molecule has 2 aromatic carbocycles. The molecule has 1 unspecified atom stereocenters. The summed E-state index contributed by atoms with van der Waals surface area (Å²) in [7, 11) is 0. The van der Waals surface area contributed by atoms with Crippen LogP contribution in [0, 0.1) is 10.1 Å². The molecule has 3 aromatic rings. The van der Waals surface area contributed by atoms with Gasteiger partial charge in [0.25, 0.3) is 5.69 Å². The SMILES string of the molecule is O=C1CCCC2=C1C(c1ccc([N+](=O)[O-])cc1)c1c(ccc3ncccc13)N2. The van der Waals surface area contributed by atoms with Crippen molar-refractivity contribution in [3.63, 3.8) is 0 Å². The Morgan fingerprint density at radius 1 is 1.07 bits per heavy atom. The first-order valence-corrected chi connectivity index (χ1v) is 9.29. The second kappa shape index (κ2) is 6.27. The highest BCUT2D eigenvalue weighted by Crippen LogP contribution is 2.47. The van der Waals surface area contributed by atoms with E-state index in [0.29, 0.717) is 6.42 Å². The van der Waals surface area contributed by atoms with Gasteiger partial charge in [0.2, 0.25) is 0 Å². The molecule has 28 heavy (non-hydrogen) atoms. The highest BCUT2D eigenvalue weighted by Gasteiger charge is 2.36. The third kappa shape index (κ3) is 2.49. The van der Waals surface area contributed by atoms with E-state index in [-0.39, 0.29) is 17.4 Å². The lowest BCUT2D eigenvalue weighted by atomic mass is 9.74. The average Bonchev–Trinajstić information content (AvgIpc) is 2.72. The van der Waals surface area contributed by atoms with Crippen molar-refractivity contribution in [2.24, 2.45) is 0 Å². The van der Waals surface area contributed by atoms with Gasteiger partial charge in [-0.05, 0) is 42.2 Å². The number of hydrogen-bond acceptors (Lipinski definition) is 5. The highest BCUT2D eigenvalue weighted by molar-refractivity contribution is 6.03. The highest BCUT2D eigenvalue weighted by atomic mass is 16.6. The van der Waals surface area contributed by atoms with E-state index in [4.69, 9.17) is 0 Å². The smallest absolute Gasteiger partial charge is 0.269 e. The van der Waals surface area contributed by atoms with E-state index < -0.39 is 4.92 Å². The Morgan fingerprint density at radius 3 is 2.68 bits per heavy atom. The zero-order valence-corrected chi connectivity index (χ0v) is 15.0. The van der Waals surface area contributed by atoms with Gasteiger partial charge in [-0.2, -0.15) is 0 Å². The number of pyridine rings is 1. The number of carbonyl (C=O) groups is 1. The number of benzene rings is 2. The van der Waals surface area contributed by atoms with Crippen LogP contribution in [0.2, 0.25) is 0 Å². The van der Waals surface area contributed by atoms with E-state index in [9.17, 15) is 14.9 Å². The first kappa shape index (κ1) is 16.6. The van der Waals surface area contributed by atoms with E-state index >= 15 is 0 Å². The average molecular weight is 371 g/mol. The van der Waals surface area contributed by atoms with Gasteiger partial charge in [-0.3, -0.25) is 19.9 Å². The van der Waals surface area contributed by atoms with Crippen molar-refractivity contribution in [2.75, 3.05) is 5.32 Å². The van der Waals surface area contributed by atoms with Crippen LogP contribution < -0.4 is 5.32 Å². The van der Waals surface area contributed by atoms with Gasteiger partial charge >= 0.3 is 0 Å². The predicted octanol–water partition coefficient (Wildman–Crippen LogP) is 4.71.